The fourth-order valence-electron chi connectivity index (χ4n) is 1.94. The molecule has 1 aromatic rings. The zero-order valence-electron chi connectivity index (χ0n) is 10.6. The van der Waals surface area contributed by atoms with E-state index in [4.69, 9.17) is 4.74 Å². The van der Waals surface area contributed by atoms with Crippen LogP contribution in [0.15, 0.2) is 29.2 Å². The van der Waals surface area contributed by atoms with Gasteiger partial charge in [0.05, 0.1) is 5.75 Å². The van der Waals surface area contributed by atoms with Gasteiger partial charge in [0.1, 0.15) is 6.29 Å². The van der Waals surface area contributed by atoms with Crippen LogP contribution in [-0.2, 0) is 9.53 Å². The molecule has 1 amide bonds. The molecule has 0 radical (unpaired) electrons. The van der Waals surface area contributed by atoms with E-state index >= 15 is 0 Å². The number of rotatable bonds is 5. The number of carbonyl (C=O) groups is 2. The maximum atomic E-state index is 11.8. The Morgan fingerprint density at radius 3 is 2.95 bits per heavy atom. The fourth-order valence-corrected chi connectivity index (χ4v) is 2.71. The second-order valence-corrected chi connectivity index (χ2v) is 5.48. The van der Waals surface area contributed by atoms with Crippen LogP contribution in [0.5, 0.6) is 0 Å². The highest BCUT2D eigenvalue weighted by Crippen LogP contribution is 2.18. The number of aldehydes is 1. The number of ether oxygens (including phenoxy) is 1. The van der Waals surface area contributed by atoms with Gasteiger partial charge in [-0.25, -0.2) is 0 Å². The van der Waals surface area contributed by atoms with E-state index in [9.17, 15) is 9.59 Å². The van der Waals surface area contributed by atoms with Crippen molar-refractivity contribution >= 4 is 24.0 Å². The Labute approximate surface area is 116 Å². The number of nitrogens with one attached hydrogen (secondary N) is 1. The molecule has 0 aromatic heterocycles. The van der Waals surface area contributed by atoms with Crippen LogP contribution in [0.3, 0.4) is 0 Å². The Kier molecular flexibility index (Phi) is 5.42. The molecule has 0 atom stereocenters. The normalized spacial score (nSPS) is 16.0. The number of hydrogen-bond acceptors (Lipinski definition) is 4. The van der Waals surface area contributed by atoms with Crippen molar-refractivity contribution in [1.29, 1.82) is 0 Å². The Hall–Kier alpha value is -1.33. The molecule has 0 saturated carbocycles. The van der Waals surface area contributed by atoms with Crippen LogP contribution in [-0.4, -0.2) is 37.2 Å². The van der Waals surface area contributed by atoms with Gasteiger partial charge in [-0.1, -0.05) is 12.1 Å². The molecule has 1 aliphatic heterocycles. The topological polar surface area (TPSA) is 55.4 Å². The first-order valence-electron chi connectivity index (χ1n) is 6.33. The van der Waals surface area contributed by atoms with Crippen LogP contribution in [0.1, 0.15) is 23.2 Å². The molecular formula is C14H17NO3S. The van der Waals surface area contributed by atoms with Gasteiger partial charge >= 0.3 is 0 Å². The Bertz CT molecular complexity index is 444. The summed E-state index contributed by atoms with van der Waals surface area (Å²) in [5.74, 6) is 0.410. The molecule has 19 heavy (non-hydrogen) atoms. The third-order valence-electron chi connectivity index (χ3n) is 2.95. The van der Waals surface area contributed by atoms with Crippen molar-refractivity contribution in [3.8, 4) is 0 Å². The predicted molar refractivity (Wildman–Crippen MR) is 74.5 cm³/mol. The summed E-state index contributed by atoms with van der Waals surface area (Å²) in [6.45, 7) is 1.44. The fraction of sp³-hybridized carbons (Fsp3) is 0.429. The Morgan fingerprint density at radius 2 is 2.21 bits per heavy atom. The van der Waals surface area contributed by atoms with E-state index < -0.39 is 0 Å². The lowest BCUT2D eigenvalue weighted by molar-refractivity contribution is -0.119. The highest BCUT2D eigenvalue weighted by Gasteiger charge is 2.15. The van der Waals surface area contributed by atoms with E-state index in [0.29, 0.717) is 11.3 Å². The lowest BCUT2D eigenvalue weighted by atomic mass is 10.1. The predicted octanol–water partition coefficient (Wildman–Crippen LogP) is 1.89. The second-order valence-electron chi connectivity index (χ2n) is 4.43. The largest absolute Gasteiger partial charge is 0.381 e. The monoisotopic (exact) mass is 279 g/mol. The first-order valence-corrected chi connectivity index (χ1v) is 7.31. The van der Waals surface area contributed by atoms with Gasteiger partial charge in [-0.05, 0) is 25.0 Å². The summed E-state index contributed by atoms with van der Waals surface area (Å²) in [7, 11) is 0. The Balaban J connectivity index is 1.77. The molecule has 1 N–H and O–H groups in total. The van der Waals surface area contributed by atoms with Crippen LogP contribution in [0.25, 0.3) is 0 Å². The average molecular weight is 279 g/mol. The molecule has 1 aromatic carbocycles. The Morgan fingerprint density at radius 1 is 1.42 bits per heavy atom. The van der Waals surface area contributed by atoms with E-state index in [2.05, 4.69) is 5.32 Å². The van der Waals surface area contributed by atoms with Crippen molar-refractivity contribution in [2.24, 2.45) is 0 Å². The average Bonchev–Trinajstić information content (AvgIpc) is 2.46. The number of thioether (sulfide) groups is 1. The summed E-state index contributed by atoms with van der Waals surface area (Å²) in [5.41, 5.74) is 0.634. The SMILES string of the molecule is O=Cc1cccc(SCC(=O)NC2CCOCC2)c1. The van der Waals surface area contributed by atoms with Crippen LogP contribution in [0.2, 0.25) is 0 Å². The maximum Gasteiger partial charge on any atom is 0.230 e. The van der Waals surface area contributed by atoms with Crippen LogP contribution in [0.4, 0.5) is 0 Å². The van der Waals surface area contributed by atoms with E-state index in [1.807, 2.05) is 12.1 Å². The van der Waals surface area contributed by atoms with Crippen molar-refractivity contribution < 1.29 is 14.3 Å². The van der Waals surface area contributed by atoms with Crippen molar-refractivity contribution in [2.45, 2.75) is 23.8 Å². The van der Waals surface area contributed by atoms with Crippen molar-refractivity contribution in [3.05, 3.63) is 29.8 Å². The van der Waals surface area contributed by atoms with E-state index in [0.717, 1.165) is 37.2 Å². The van der Waals surface area contributed by atoms with Gasteiger partial charge in [-0.15, -0.1) is 11.8 Å². The van der Waals surface area contributed by atoms with E-state index in [-0.39, 0.29) is 11.9 Å². The van der Waals surface area contributed by atoms with Gasteiger partial charge in [0.2, 0.25) is 5.91 Å². The lowest BCUT2D eigenvalue weighted by Crippen LogP contribution is -2.39. The summed E-state index contributed by atoms with van der Waals surface area (Å²) >= 11 is 1.44. The number of carbonyl (C=O) groups excluding carboxylic acids is 2. The summed E-state index contributed by atoms with van der Waals surface area (Å²) in [6.07, 6.45) is 2.58. The number of amides is 1. The van der Waals surface area contributed by atoms with Crippen molar-refractivity contribution in [3.63, 3.8) is 0 Å². The number of hydrogen-bond donors (Lipinski definition) is 1. The van der Waals surface area contributed by atoms with Crippen LogP contribution in [0, 0.1) is 0 Å². The van der Waals surface area contributed by atoms with Gasteiger partial charge in [0, 0.05) is 29.7 Å². The van der Waals surface area contributed by atoms with E-state index in [1.54, 1.807) is 12.1 Å². The number of benzene rings is 1. The first-order chi connectivity index (χ1) is 9.28. The van der Waals surface area contributed by atoms with Crippen molar-refractivity contribution in [1.82, 2.24) is 5.32 Å². The van der Waals surface area contributed by atoms with Gasteiger partial charge in [-0.2, -0.15) is 0 Å². The molecule has 1 fully saturated rings. The van der Waals surface area contributed by atoms with Gasteiger partial charge < -0.3 is 10.1 Å². The maximum absolute atomic E-state index is 11.8. The minimum absolute atomic E-state index is 0.0356. The standard InChI is InChI=1S/C14H17NO3S/c16-9-11-2-1-3-13(8-11)19-10-14(17)15-12-4-6-18-7-5-12/h1-3,8-9,12H,4-7,10H2,(H,15,17). The molecule has 102 valence electrons. The second kappa shape index (κ2) is 7.31. The minimum atomic E-state index is 0.0356. The van der Waals surface area contributed by atoms with E-state index in [1.165, 1.54) is 11.8 Å². The molecule has 0 bridgehead atoms. The van der Waals surface area contributed by atoms with Crippen molar-refractivity contribution in [2.75, 3.05) is 19.0 Å². The zero-order valence-corrected chi connectivity index (χ0v) is 11.4. The molecule has 0 aliphatic carbocycles. The van der Waals surface area contributed by atoms with Gasteiger partial charge in [0.15, 0.2) is 0 Å². The molecule has 1 saturated heterocycles. The molecule has 1 heterocycles. The highest BCUT2D eigenvalue weighted by atomic mass is 32.2. The summed E-state index contributed by atoms with van der Waals surface area (Å²) in [6, 6.07) is 7.50. The summed E-state index contributed by atoms with van der Waals surface area (Å²) in [4.78, 5) is 23.4. The molecule has 0 unspecified atom stereocenters. The summed E-state index contributed by atoms with van der Waals surface area (Å²) < 4.78 is 5.25. The quantitative estimate of drug-likeness (QED) is 0.660. The minimum Gasteiger partial charge on any atom is -0.381 e. The third kappa shape index (κ3) is 4.69. The molecule has 1 aliphatic rings. The third-order valence-corrected chi connectivity index (χ3v) is 3.94. The molecular weight excluding hydrogens is 262 g/mol. The molecule has 2 rings (SSSR count). The first kappa shape index (κ1) is 14.1. The smallest absolute Gasteiger partial charge is 0.230 e. The highest BCUT2D eigenvalue weighted by molar-refractivity contribution is 8.00. The summed E-state index contributed by atoms with van der Waals surface area (Å²) in [5, 5.41) is 3.01. The molecule has 5 heteroatoms. The lowest BCUT2D eigenvalue weighted by Gasteiger charge is -2.23. The zero-order chi connectivity index (χ0) is 13.5. The van der Waals surface area contributed by atoms with Gasteiger partial charge in [0.25, 0.3) is 0 Å². The van der Waals surface area contributed by atoms with Crippen LogP contribution >= 0.6 is 11.8 Å². The molecule has 0 spiro atoms. The van der Waals surface area contributed by atoms with Gasteiger partial charge in [-0.3, -0.25) is 9.59 Å². The molecule has 4 nitrogen and oxygen atoms in total. The van der Waals surface area contributed by atoms with Crippen LogP contribution < -0.4 is 5.32 Å².